The average molecular weight is 439 g/mol. The van der Waals surface area contributed by atoms with E-state index in [9.17, 15) is 14.4 Å². The summed E-state index contributed by atoms with van der Waals surface area (Å²) in [5, 5.41) is 3.03. The lowest BCUT2D eigenvalue weighted by molar-refractivity contribution is -0.123. The molecule has 0 aliphatic rings. The number of hydrogen-bond donors (Lipinski definition) is 1. The highest BCUT2D eigenvalue weighted by molar-refractivity contribution is 7.20. The molecule has 0 fully saturated rings. The van der Waals surface area contributed by atoms with E-state index in [-0.39, 0.29) is 17.7 Å². The summed E-state index contributed by atoms with van der Waals surface area (Å²) >= 11 is 1.25. The minimum atomic E-state index is -1.08. The summed E-state index contributed by atoms with van der Waals surface area (Å²) in [6.07, 6.45) is 0.318. The molecule has 0 spiro atoms. The molecule has 0 radical (unpaired) electrons. The largest absolute Gasteiger partial charge is 0.462 e. The van der Waals surface area contributed by atoms with Gasteiger partial charge in [-0.25, -0.2) is 9.59 Å². The van der Waals surface area contributed by atoms with Crippen molar-refractivity contribution < 1.29 is 23.9 Å². The molecule has 1 aromatic carbocycles. The zero-order valence-electron chi connectivity index (χ0n) is 17.4. The highest BCUT2D eigenvalue weighted by atomic mass is 32.1. The first-order chi connectivity index (χ1) is 14.9. The number of rotatable bonds is 7. The zero-order valence-corrected chi connectivity index (χ0v) is 18.2. The number of nitrogens with zero attached hydrogens (tertiary/aromatic N) is 1. The van der Waals surface area contributed by atoms with E-state index in [1.807, 2.05) is 30.3 Å². The molecule has 1 atom stereocenters. The summed E-state index contributed by atoms with van der Waals surface area (Å²) in [6, 6.07) is 14.4. The lowest BCUT2D eigenvalue weighted by atomic mass is 10.1. The number of aryl methyl sites for hydroxylation is 1. The van der Waals surface area contributed by atoms with Crippen molar-refractivity contribution in [1.82, 2.24) is 4.98 Å². The first-order valence-electron chi connectivity index (χ1n) is 9.70. The Morgan fingerprint density at radius 1 is 1.10 bits per heavy atom. The van der Waals surface area contributed by atoms with Crippen molar-refractivity contribution in [1.29, 1.82) is 0 Å². The van der Waals surface area contributed by atoms with Crippen LogP contribution in [0.5, 0.6) is 0 Å². The molecule has 2 heterocycles. The second-order valence-corrected chi connectivity index (χ2v) is 7.72. The summed E-state index contributed by atoms with van der Waals surface area (Å²) in [7, 11) is 0. The summed E-state index contributed by atoms with van der Waals surface area (Å²) < 4.78 is 10.4. The Morgan fingerprint density at radius 2 is 1.84 bits per heavy atom. The molecule has 1 amide bonds. The van der Waals surface area contributed by atoms with Crippen LogP contribution in [0.4, 0.5) is 5.00 Å². The van der Waals surface area contributed by atoms with Gasteiger partial charge in [0.2, 0.25) is 0 Å². The number of carbonyl (C=O) groups is 3. The van der Waals surface area contributed by atoms with Crippen molar-refractivity contribution in [3.63, 3.8) is 0 Å². The molecule has 1 unspecified atom stereocenters. The number of benzene rings is 1. The lowest BCUT2D eigenvalue weighted by Crippen LogP contribution is -2.30. The van der Waals surface area contributed by atoms with Crippen molar-refractivity contribution in [2.24, 2.45) is 0 Å². The number of anilines is 1. The predicted molar refractivity (Wildman–Crippen MR) is 118 cm³/mol. The van der Waals surface area contributed by atoms with Crippen molar-refractivity contribution in [3.05, 3.63) is 71.5 Å². The second kappa shape index (κ2) is 9.99. The van der Waals surface area contributed by atoms with Crippen molar-refractivity contribution in [3.8, 4) is 10.4 Å². The maximum atomic E-state index is 12.7. The van der Waals surface area contributed by atoms with Crippen LogP contribution >= 0.6 is 11.3 Å². The first kappa shape index (κ1) is 22.2. The molecule has 7 nitrogen and oxygen atoms in total. The number of aromatic nitrogens is 1. The number of ether oxygens (including phenoxy) is 2. The van der Waals surface area contributed by atoms with E-state index < -0.39 is 23.9 Å². The highest BCUT2D eigenvalue weighted by Crippen LogP contribution is 2.36. The van der Waals surface area contributed by atoms with Gasteiger partial charge in [-0.3, -0.25) is 9.78 Å². The molecule has 2 aromatic heterocycles. The maximum Gasteiger partial charge on any atom is 0.341 e. The normalized spacial score (nSPS) is 11.5. The number of esters is 2. The molecule has 160 valence electrons. The predicted octanol–water partition coefficient (Wildman–Crippen LogP) is 4.48. The van der Waals surface area contributed by atoms with Crippen molar-refractivity contribution in [2.45, 2.75) is 26.9 Å². The Morgan fingerprint density at radius 3 is 2.48 bits per heavy atom. The molecule has 8 heteroatoms. The third kappa shape index (κ3) is 5.55. The number of pyridine rings is 1. The van der Waals surface area contributed by atoms with Crippen LogP contribution in [0.3, 0.4) is 0 Å². The molecule has 0 saturated heterocycles. The molecule has 0 aliphatic carbocycles. The number of thiophene rings is 1. The third-order valence-corrected chi connectivity index (χ3v) is 5.42. The third-order valence-electron chi connectivity index (χ3n) is 4.32. The maximum absolute atomic E-state index is 12.7. The van der Waals surface area contributed by atoms with Crippen LogP contribution in [0.2, 0.25) is 0 Å². The van der Waals surface area contributed by atoms with Gasteiger partial charge in [0, 0.05) is 16.8 Å². The van der Waals surface area contributed by atoms with Crippen LogP contribution in [0.1, 0.15) is 40.3 Å². The van der Waals surface area contributed by atoms with E-state index in [2.05, 4.69) is 10.3 Å². The summed E-state index contributed by atoms with van der Waals surface area (Å²) in [4.78, 5) is 42.2. The standard InChI is InChI=1S/C23H22N2O5S/c1-4-29-23(28)18-12-19(16-8-6-5-7-9-16)31-21(18)25-20(26)15(3)30-22(27)17-11-10-14(2)24-13-17/h5-13,15H,4H2,1-3H3,(H,25,26). The summed E-state index contributed by atoms with van der Waals surface area (Å²) in [5.41, 5.74) is 2.17. The number of nitrogens with one attached hydrogen (secondary N) is 1. The fraction of sp³-hybridized carbons (Fsp3) is 0.217. The Kier molecular flexibility index (Phi) is 7.15. The van der Waals surface area contributed by atoms with Gasteiger partial charge in [0.15, 0.2) is 6.10 Å². The van der Waals surface area contributed by atoms with E-state index in [1.165, 1.54) is 24.5 Å². The van der Waals surface area contributed by atoms with E-state index in [0.29, 0.717) is 5.00 Å². The Hall–Kier alpha value is -3.52. The van der Waals surface area contributed by atoms with Crippen LogP contribution in [0.25, 0.3) is 10.4 Å². The number of amides is 1. The monoisotopic (exact) mass is 438 g/mol. The Bertz CT molecular complexity index is 1080. The SMILES string of the molecule is CCOC(=O)c1cc(-c2ccccc2)sc1NC(=O)C(C)OC(=O)c1ccc(C)nc1. The van der Waals surface area contributed by atoms with Gasteiger partial charge < -0.3 is 14.8 Å². The molecule has 31 heavy (non-hydrogen) atoms. The molecular formula is C23H22N2O5S. The molecule has 0 bridgehead atoms. The minimum absolute atomic E-state index is 0.210. The van der Waals surface area contributed by atoms with Gasteiger partial charge in [-0.15, -0.1) is 11.3 Å². The second-order valence-electron chi connectivity index (χ2n) is 6.66. The van der Waals surface area contributed by atoms with Crippen LogP contribution in [0, 0.1) is 6.92 Å². The minimum Gasteiger partial charge on any atom is -0.462 e. The molecule has 0 saturated carbocycles. The number of carbonyl (C=O) groups excluding carboxylic acids is 3. The summed E-state index contributed by atoms with van der Waals surface area (Å²) in [5.74, 6) is -1.75. The van der Waals surface area contributed by atoms with Gasteiger partial charge in [0.05, 0.1) is 17.7 Å². The molecule has 3 aromatic rings. The Labute approximate surface area is 184 Å². The number of hydrogen-bond acceptors (Lipinski definition) is 7. The average Bonchev–Trinajstić information content (AvgIpc) is 3.18. The first-order valence-corrected chi connectivity index (χ1v) is 10.5. The van der Waals surface area contributed by atoms with Gasteiger partial charge in [-0.1, -0.05) is 30.3 Å². The topological polar surface area (TPSA) is 94.6 Å². The van der Waals surface area contributed by atoms with Crippen molar-refractivity contribution in [2.75, 3.05) is 11.9 Å². The molecule has 3 rings (SSSR count). The fourth-order valence-electron chi connectivity index (χ4n) is 2.67. The smallest absolute Gasteiger partial charge is 0.341 e. The van der Waals surface area contributed by atoms with Crippen LogP contribution in [-0.2, 0) is 14.3 Å². The lowest BCUT2D eigenvalue weighted by Gasteiger charge is -2.13. The van der Waals surface area contributed by atoms with Gasteiger partial charge in [0.25, 0.3) is 5.91 Å². The molecular weight excluding hydrogens is 416 g/mol. The Balaban J connectivity index is 1.77. The van der Waals surface area contributed by atoms with Crippen LogP contribution < -0.4 is 5.32 Å². The van der Waals surface area contributed by atoms with E-state index >= 15 is 0 Å². The molecule has 1 N–H and O–H groups in total. The van der Waals surface area contributed by atoms with Crippen LogP contribution in [-0.4, -0.2) is 35.5 Å². The molecule has 0 aliphatic heterocycles. The van der Waals surface area contributed by atoms with E-state index in [4.69, 9.17) is 9.47 Å². The van der Waals surface area contributed by atoms with E-state index in [0.717, 1.165) is 16.1 Å². The van der Waals surface area contributed by atoms with Gasteiger partial charge in [-0.2, -0.15) is 0 Å². The fourth-order valence-corrected chi connectivity index (χ4v) is 3.73. The summed E-state index contributed by atoms with van der Waals surface area (Å²) in [6.45, 7) is 5.19. The zero-order chi connectivity index (χ0) is 22.4. The van der Waals surface area contributed by atoms with E-state index in [1.54, 1.807) is 32.0 Å². The van der Waals surface area contributed by atoms with Crippen molar-refractivity contribution >= 4 is 34.2 Å². The van der Waals surface area contributed by atoms with Crippen LogP contribution in [0.15, 0.2) is 54.7 Å². The van der Waals surface area contributed by atoms with Gasteiger partial charge in [0.1, 0.15) is 5.00 Å². The van der Waals surface area contributed by atoms with Gasteiger partial charge >= 0.3 is 11.9 Å². The van der Waals surface area contributed by atoms with Gasteiger partial charge in [-0.05, 0) is 44.5 Å². The highest BCUT2D eigenvalue weighted by Gasteiger charge is 2.24. The quantitative estimate of drug-likeness (QED) is 0.547.